The Morgan fingerprint density at radius 3 is 2.71 bits per heavy atom. The van der Waals surface area contributed by atoms with Gasteiger partial charge in [-0.15, -0.1) is 12.4 Å². The smallest absolute Gasteiger partial charge is 0.237 e. The summed E-state index contributed by atoms with van der Waals surface area (Å²) in [6, 6.07) is 0.0959. The number of fused-ring (bicyclic) bond motifs is 2. The topological polar surface area (TPSA) is 41.1 Å². The highest BCUT2D eigenvalue weighted by Gasteiger charge is 2.39. The van der Waals surface area contributed by atoms with E-state index >= 15 is 0 Å². The van der Waals surface area contributed by atoms with Crippen molar-refractivity contribution in [2.45, 2.75) is 44.6 Å². The zero-order valence-corrected chi connectivity index (χ0v) is 11.1. The normalized spacial score (nSPS) is 39.1. The standard InChI is InChI=1S/C13H22N2O.ClH/c16-13(12-2-1-5-14-12)15-8-11-7-9-3-4-10(11)6-9;/h9-12,14H,1-8H2,(H,15,16);1H/t9?,10?,11?,12-;/m0./s1. The lowest BCUT2D eigenvalue weighted by Crippen LogP contribution is -2.42. The van der Waals surface area contributed by atoms with Gasteiger partial charge in [-0.2, -0.15) is 0 Å². The maximum absolute atomic E-state index is 11.8. The average Bonchev–Trinajstić information content (AvgIpc) is 3.01. The van der Waals surface area contributed by atoms with Gasteiger partial charge in [-0.05, 0) is 56.4 Å². The van der Waals surface area contributed by atoms with E-state index in [-0.39, 0.29) is 24.4 Å². The Kier molecular flexibility index (Phi) is 4.31. The molecule has 1 aliphatic heterocycles. The van der Waals surface area contributed by atoms with E-state index in [0.717, 1.165) is 43.7 Å². The second-order valence-corrected chi connectivity index (χ2v) is 5.83. The van der Waals surface area contributed by atoms with Gasteiger partial charge in [0.2, 0.25) is 5.91 Å². The zero-order valence-electron chi connectivity index (χ0n) is 10.3. The van der Waals surface area contributed by atoms with Crippen molar-refractivity contribution in [1.82, 2.24) is 10.6 Å². The van der Waals surface area contributed by atoms with Crippen LogP contribution in [0.2, 0.25) is 0 Å². The Balaban J connectivity index is 0.00000108. The number of rotatable bonds is 3. The summed E-state index contributed by atoms with van der Waals surface area (Å²) in [7, 11) is 0. The molecule has 3 nitrogen and oxygen atoms in total. The lowest BCUT2D eigenvalue weighted by molar-refractivity contribution is -0.123. The number of carbonyl (C=O) groups excluding carboxylic acids is 1. The molecule has 2 saturated carbocycles. The van der Waals surface area contributed by atoms with Gasteiger partial charge >= 0.3 is 0 Å². The van der Waals surface area contributed by atoms with Crippen LogP contribution in [0, 0.1) is 17.8 Å². The van der Waals surface area contributed by atoms with E-state index in [2.05, 4.69) is 10.6 Å². The second-order valence-electron chi connectivity index (χ2n) is 5.83. The van der Waals surface area contributed by atoms with E-state index in [0.29, 0.717) is 0 Å². The molecule has 2 bridgehead atoms. The first-order valence-electron chi connectivity index (χ1n) is 6.84. The minimum atomic E-state index is 0. The summed E-state index contributed by atoms with van der Waals surface area (Å²) < 4.78 is 0. The molecular formula is C13H23ClN2O. The maximum atomic E-state index is 11.8. The SMILES string of the molecule is Cl.O=C(NCC1CC2CCC1C2)[C@@H]1CCCN1. The predicted molar refractivity (Wildman–Crippen MR) is 70.2 cm³/mol. The van der Waals surface area contributed by atoms with E-state index < -0.39 is 0 Å². The van der Waals surface area contributed by atoms with Crippen molar-refractivity contribution in [3.05, 3.63) is 0 Å². The molecule has 4 heteroatoms. The molecule has 1 amide bonds. The molecule has 3 fully saturated rings. The molecule has 0 radical (unpaired) electrons. The third-order valence-electron chi connectivity index (χ3n) is 4.80. The molecule has 4 atom stereocenters. The van der Waals surface area contributed by atoms with Crippen LogP contribution in [0.1, 0.15) is 38.5 Å². The lowest BCUT2D eigenvalue weighted by Gasteiger charge is -2.22. The van der Waals surface area contributed by atoms with Crippen LogP contribution in [0.4, 0.5) is 0 Å². The lowest BCUT2D eigenvalue weighted by atomic mass is 9.89. The first-order chi connectivity index (χ1) is 7.83. The van der Waals surface area contributed by atoms with Crippen LogP contribution in [0.15, 0.2) is 0 Å². The van der Waals surface area contributed by atoms with Crippen LogP contribution in [-0.2, 0) is 4.79 Å². The molecule has 1 saturated heterocycles. The van der Waals surface area contributed by atoms with Crippen molar-refractivity contribution in [2.24, 2.45) is 17.8 Å². The molecule has 2 aliphatic carbocycles. The Morgan fingerprint density at radius 1 is 1.24 bits per heavy atom. The fourth-order valence-electron chi connectivity index (χ4n) is 3.89. The van der Waals surface area contributed by atoms with Crippen LogP contribution >= 0.6 is 12.4 Å². The third kappa shape index (κ3) is 2.76. The summed E-state index contributed by atoms with van der Waals surface area (Å²) >= 11 is 0. The summed E-state index contributed by atoms with van der Waals surface area (Å²) in [6.45, 7) is 1.93. The molecule has 2 N–H and O–H groups in total. The van der Waals surface area contributed by atoms with Crippen molar-refractivity contribution in [2.75, 3.05) is 13.1 Å². The zero-order chi connectivity index (χ0) is 11.0. The number of hydrogen-bond donors (Lipinski definition) is 2. The molecule has 0 aromatic carbocycles. The maximum Gasteiger partial charge on any atom is 0.237 e. The summed E-state index contributed by atoms with van der Waals surface area (Å²) in [6.07, 6.45) is 7.81. The van der Waals surface area contributed by atoms with E-state index in [9.17, 15) is 4.79 Å². The summed E-state index contributed by atoms with van der Waals surface area (Å²) in [4.78, 5) is 11.8. The minimum absolute atomic E-state index is 0. The van der Waals surface area contributed by atoms with Crippen LogP contribution in [-0.4, -0.2) is 25.0 Å². The van der Waals surface area contributed by atoms with Crippen LogP contribution in [0.3, 0.4) is 0 Å². The molecule has 98 valence electrons. The first-order valence-corrected chi connectivity index (χ1v) is 6.84. The predicted octanol–water partition coefficient (Wildman–Crippen LogP) is 1.71. The van der Waals surface area contributed by atoms with Gasteiger partial charge in [-0.3, -0.25) is 4.79 Å². The highest BCUT2D eigenvalue weighted by molar-refractivity contribution is 5.85. The average molecular weight is 259 g/mol. The number of halogens is 1. The van der Waals surface area contributed by atoms with E-state index in [1.54, 1.807) is 0 Å². The van der Waals surface area contributed by atoms with Crippen molar-refractivity contribution < 1.29 is 4.79 Å². The second kappa shape index (κ2) is 5.57. The van der Waals surface area contributed by atoms with Crippen LogP contribution in [0.25, 0.3) is 0 Å². The number of hydrogen-bond acceptors (Lipinski definition) is 2. The van der Waals surface area contributed by atoms with Crippen molar-refractivity contribution in [3.63, 3.8) is 0 Å². The Labute approximate surface area is 110 Å². The summed E-state index contributed by atoms with van der Waals surface area (Å²) in [5, 5.41) is 6.40. The molecule has 17 heavy (non-hydrogen) atoms. The van der Waals surface area contributed by atoms with Gasteiger partial charge in [-0.1, -0.05) is 6.42 Å². The van der Waals surface area contributed by atoms with Gasteiger partial charge in [-0.25, -0.2) is 0 Å². The van der Waals surface area contributed by atoms with Crippen LogP contribution in [0.5, 0.6) is 0 Å². The Morgan fingerprint density at radius 2 is 2.12 bits per heavy atom. The molecular weight excluding hydrogens is 236 g/mol. The Hall–Kier alpha value is -0.280. The first kappa shape index (κ1) is 13.2. The van der Waals surface area contributed by atoms with Crippen molar-refractivity contribution in [1.29, 1.82) is 0 Å². The monoisotopic (exact) mass is 258 g/mol. The largest absolute Gasteiger partial charge is 0.354 e. The molecule has 3 rings (SSSR count). The van der Waals surface area contributed by atoms with Gasteiger partial charge in [0.1, 0.15) is 0 Å². The Bertz CT molecular complexity index is 279. The van der Waals surface area contributed by atoms with E-state index in [1.165, 1.54) is 25.7 Å². The highest BCUT2D eigenvalue weighted by atomic mass is 35.5. The molecule has 0 aromatic rings. The third-order valence-corrected chi connectivity index (χ3v) is 4.80. The quantitative estimate of drug-likeness (QED) is 0.809. The number of amides is 1. The molecule has 3 aliphatic rings. The van der Waals surface area contributed by atoms with E-state index in [4.69, 9.17) is 0 Å². The number of carbonyl (C=O) groups is 1. The molecule has 1 heterocycles. The highest BCUT2D eigenvalue weighted by Crippen LogP contribution is 2.47. The van der Waals surface area contributed by atoms with E-state index in [1.807, 2.05) is 0 Å². The van der Waals surface area contributed by atoms with Gasteiger partial charge in [0.25, 0.3) is 0 Å². The summed E-state index contributed by atoms with van der Waals surface area (Å²) in [5.74, 6) is 2.92. The molecule has 3 unspecified atom stereocenters. The van der Waals surface area contributed by atoms with Gasteiger partial charge in [0, 0.05) is 6.54 Å². The molecule has 0 spiro atoms. The van der Waals surface area contributed by atoms with Crippen molar-refractivity contribution in [3.8, 4) is 0 Å². The van der Waals surface area contributed by atoms with Crippen LogP contribution < -0.4 is 10.6 Å². The minimum Gasteiger partial charge on any atom is -0.354 e. The molecule has 0 aromatic heterocycles. The van der Waals surface area contributed by atoms with Crippen molar-refractivity contribution >= 4 is 18.3 Å². The van der Waals surface area contributed by atoms with Gasteiger partial charge < -0.3 is 10.6 Å². The summed E-state index contributed by atoms with van der Waals surface area (Å²) in [5.41, 5.74) is 0. The van der Waals surface area contributed by atoms with Gasteiger partial charge in [0.15, 0.2) is 0 Å². The van der Waals surface area contributed by atoms with Gasteiger partial charge in [0.05, 0.1) is 6.04 Å². The fraction of sp³-hybridized carbons (Fsp3) is 0.923. The fourth-order valence-corrected chi connectivity index (χ4v) is 3.89. The number of nitrogens with one attached hydrogen (secondary N) is 2.